The lowest BCUT2D eigenvalue weighted by Gasteiger charge is -2.22. The van der Waals surface area contributed by atoms with E-state index in [2.05, 4.69) is 21.7 Å². The van der Waals surface area contributed by atoms with Crippen LogP contribution in [-0.2, 0) is 6.54 Å². The molecule has 2 aromatic carbocycles. The normalized spacial score (nSPS) is 16.7. The van der Waals surface area contributed by atoms with Crippen molar-refractivity contribution in [3.05, 3.63) is 53.3 Å². The van der Waals surface area contributed by atoms with Crippen LogP contribution in [0, 0.1) is 6.92 Å². The highest BCUT2D eigenvalue weighted by molar-refractivity contribution is 5.79. The molecule has 3 aromatic rings. The summed E-state index contributed by atoms with van der Waals surface area (Å²) in [5.74, 6) is 1.65. The van der Waals surface area contributed by atoms with Crippen LogP contribution in [0.1, 0.15) is 29.2 Å². The minimum absolute atomic E-state index is 0.465. The number of benzene rings is 2. The van der Waals surface area contributed by atoms with Crippen molar-refractivity contribution < 1.29 is 14.6 Å². The van der Waals surface area contributed by atoms with Gasteiger partial charge < -0.3 is 19.1 Å². The molecule has 0 saturated heterocycles. The number of nitrogens with zero attached hydrogens (tertiary/aromatic N) is 2. The number of aliphatic hydroxyl groups is 1. The highest BCUT2D eigenvalue weighted by Gasteiger charge is 2.21. The zero-order chi connectivity index (χ0) is 16.7. The molecule has 5 heteroatoms. The van der Waals surface area contributed by atoms with Crippen molar-refractivity contribution in [2.24, 2.45) is 0 Å². The number of methoxy groups -OCH3 is 1. The number of aliphatic hydroxyl groups excluding tert-OH is 1. The van der Waals surface area contributed by atoms with Gasteiger partial charge in [0.25, 0.3) is 0 Å². The highest BCUT2D eigenvalue weighted by Crippen LogP contribution is 2.35. The van der Waals surface area contributed by atoms with Crippen LogP contribution in [0.3, 0.4) is 0 Å². The molecule has 0 fully saturated rings. The third kappa shape index (κ3) is 2.51. The van der Waals surface area contributed by atoms with Gasteiger partial charge in [-0.05, 0) is 30.2 Å². The van der Waals surface area contributed by atoms with Crippen LogP contribution in [0.15, 0.2) is 36.7 Å². The largest absolute Gasteiger partial charge is 0.496 e. The fourth-order valence-electron chi connectivity index (χ4n) is 3.28. The third-order valence-corrected chi connectivity index (χ3v) is 4.57. The van der Waals surface area contributed by atoms with Gasteiger partial charge in [-0.1, -0.05) is 12.1 Å². The molecule has 1 aliphatic rings. The Morgan fingerprint density at radius 3 is 3.00 bits per heavy atom. The molecule has 0 amide bonds. The molecular formula is C19H20N2O3. The van der Waals surface area contributed by atoms with Crippen molar-refractivity contribution in [1.29, 1.82) is 0 Å². The predicted octanol–water partition coefficient (Wildman–Crippen LogP) is 3.22. The van der Waals surface area contributed by atoms with E-state index in [4.69, 9.17) is 9.47 Å². The second kappa shape index (κ2) is 5.83. The van der Waals surface area contributed by atoms with E-state index in [-0.39, 0.29) is 0 Å². The summed E-state index contributed by atoms with van der Waals surface area (Å²) in [6.07, 6.45) is 2.00. The van der Waals surface area contributed by atoms with Gasteiger partial charge in [-0.2, -0.15) is 0 Å². The smallest absolute Gasteiger partial charge is 0.127 e. The maximum Gasteiger partial charge on any atom is 0.127 e. The Balaban J connectivity index is 1.71. The average Bonchev–Trinajstić information content (AvgIpc) is 2.96. The van der Waals surface area contributed by atoms with Gasteiger partial charge in [0.05, 0.1) is 37.2 Å². The topological polar surface area (TPSA) is 56.5 Å². The SMILES string of the molecule is COc1ccc(Cn2cnc3cc4c(cc32)OCC[C@@H]4O)cc1C. The van der Waals surface area contributed by atoms with Gasteiger partial charge in [-0.25, -0.2) is 4.98 Å². The molecule has 1 N–H and O–H groups in total. The Bertz CT molecular complexity index is 901. The zero-order valence-corrected chi connectivity index (χ0v) is 13.8. The van der Waals surface area contributed by atoms with Gasteiger partial charge in [0, 0.05) is 24.6 Å². The number of imidazole rings is 1. The summed E-state index contributed by atoms with van der Waals surface area (Å²) in [7, 11) is 1.68. The van der Waals surface area contributed by atoms with E-state index < -0.39 is 6.10 Å². The molecule has 2 heterocycles. The Morgan fingerprint density at radius 2 is 2.21 bits per heavy atom. The van der Waals surface area contributed by atoms with Crippen LogP contribution in [0.4, 0.5) is 0 Å². The van der Waals surface area contributed by atoms with Gasteiger partial charge in [-0.3, -0.25) is 0 Å². The summed E-state index contributed by atoms with van der Waals surface area (Å²) in [5, 5.41) is 10.1. The lowest BCUT2D eigenvalue weighted by molar-refractivity contribution is 0.115. The summed E-state index contributed by atoms with van der Waals surface area (Å²) in [6, 6.07) is 10.1. The van der Waals surface area contributed by atoms with Gasteiger partial charge >= 0.3 is 0 Å². The molecule has 0 unspecified atom stereocenters. The third-order valence-electron chi connectivity index (χ3n) is 4.57. The van der Waals surface area contributed by atoms with E-state index >= 15 is 0 Å². The lowest BCUT2D eigenvalue weighted by atomic mass is 10.0. The van der Waals surface area contributed by atoms with E-state index in [0.717, 1.165) is 40.2 Å². The van der Waals surface area contributed by atoms with Gasteiger partial charge in [0.2, 0.25) is 0 Å². The summed E-state index contributed by atoms with van der Waals surface area (Å²) in [6.45, 7) is 3.31. The predicted molar refractivity (Wildman–Crippen MR) is 91.6 cm³/mol. The minimum atomic E-state index is -0.465. The van der Waals surface area contributed by atoms with Crippen molar-refractivity contribution in [3.8, 4) is 11.5 Å². The number of ether oxygens (including phenoxy) is 2. The van der Waals surface area contributed by atoms with Crippen molar-refractivity contribution in [2.45, 2.75) is 26.0 Å². The lowest BCUT2D eigenvalue weighted by Crippen LogP contribution is -2.13. The van der Waals surface area contributed by atoms with Crippen molar-refractivity contribution >= 4 is 11.0 Å². The molecule has 5 nitrogen and oxygen atoms in total. The van der Waals surface area contributed by atoms with Crippen LogP contribution >= 0.6 is 0 Å². The molecule has 0 bridgehead atoms. The zero-order valence-electron chi connectivity index (χ0n) is 13.8. The molecule has 0 spiro atoms. The maximum atomic E-state index is 10.1. The van der Waals surface area contributed by atoms with Crippen LogP contribution in [0.25, 0.3) is 11.0 Å². The molecule has 0 radical (unpaired) electrons. The van der Waals surface area contributed by atoms with E-state index in [1.807, 2.05) is 31.5 Å². The summed E-state index contributed by atoms with van der Waals surface area (Å²) in [4.78, 5) is 4.49. The molecule has 124 valence electrons. The second-order valence-corrected chi connectivity index (χ2v) is 6.21. The van der Waals surface area contributed by atoms with Gasteiger partial charge in [0.15, 0.2) is 0 Å². The standard InChI is InChI=1S/C19H20N2O3/c1-12-7-13(3-4-18(12)23-2)10-21-11-20-15-8-14-17(22)5-6-24-19(14)9-16(15)21/h3-4,7-9,11,17,22H,5-6,10H2,1-2H3/t17-/m0/s1. The molecule has 0 aliphatic carbocycles. The minimum Gasteiger partial charge on any atom is -0.496 e. The molecule has 4 rings (SSSR count). The molecule has 1 aromatic heterocycles. The quantitative estimate of drug-likeness (QED) is 0.804. The number of aromatic nitrogens is 2. The van der Waals surface area contributed by atoms with E-state index in [1.54, 1.807) is 7.11 Å². The summed E-state index contributed by atoms with van der Waals surface area (Å²) < 4.78 is 13.1. The van der Waals surface area contributed by atoms with Crippen molar-refractivity contribution in [2.75, 3.05) is 13.7 Å². The number of hydrogen-bond donors (Lipinski definition) is 1. The first-order valence-corrected chi connectivity index (χ1v) is 8.09. The summed E-state index contributed by atoms with van der Waals surface area (Å²) in [5.41, 5.74) is 5.02. The van der Waals surface area contributed by atoms with Crippen LogP contribution in [0.5, 0.6) is 11.5 Å². The molecule has 0 saturated carbocycles. The second-order valence-electron chi connectivity index (χ2n) is 6.21. The molecular weight excluding hydrogens is 304 g/mol. The van der Waals surface area contributed by atoms with E-state index in [0.29, 0.717) is 13.0 Å². The number of hydrogen-bond acceptors (Lipinski definition) is 4. The number of aryl methyl sites for hydroxylation is 1. The molecule has 24 heavy (non-hydrogen) atoms. The van der Waals surface area contributed by atoms with Gasteiger partial charge in [0.1, 0.15) is 11.5 Å². The monoisotopic (exact) mass is 324 g/mol. The average molecular weight is 324 g/mol. The highest BCUT2D eigenvalue weighted by atomic mass is 16.5. The fraction of sp³-hybridized carbons (Fsp3) is 0.316. The van der Waals surface area contributed by atoms with Gasteiger partial charge in [-0.15, -0.1) is 0 Å². The molecule has 1 aliphatic heterocycles. The molecule has 1 atom stereocenters. The van der Waals surface area contributed by atoms with E-state index in [1.165, 1.54) is 5.56 Å². The Kier molecular flexibility index (Phi) is 3.65. The Labute approximate surface area is 140 Å². The first kappa shape index (κ1) is 15.0. The Hall–Kier alpha value is -2.53. The van der Waals surface area contributed by atoms with Crippen molar-refractivity contribution in [1.82, 2.24) is 9.55 Å². The first-order valence-electron chi connectivity index (χ1n) is 8.09. The summed E-state index contributed by atoms with van der Waals surface area (Å²) >= 11 is 0. The first-order chi connectivity index (χ1) is 11.7. The number of rotatable bonds is 3. The Morgan fingerprint density at radius 1 is 1.33 bits per heavy atom. The van der Waals surface area contributed by atoms with Crippen LogP contribution in [-0.4, -0.2) is 28.4 Å². The fourth-order valence-corrected chi connectivity index (χ4v) is 3.28. The van der Waals surface area contributed by atoms with Crippen LogP contribution in [0.2, 0.25) is 0 Å². The van der Waals surface area contributed by atoms with Crippen LogP contribution < -0.4 is 9.47 Å². The number of fused-ring (bicyclic) bond motifs is 2. The maximum absolute atomic E-state index is 10.1. The van der Waals surface area contributed by atoms with Crippen molar-refractivity contribution in [3.63, 3.8) is 0 Å². The van der Waals surface area contributed by atoms with E-state index in [9.17, 15) is 5.11 Å².